The van der Waals surface area contributed by atoms with Crippen molar-refractivity contribution in [2.45, 2.75) is 18.9 Å². The summed E-state index contributed by atoms with van der Waals surface area (Å²) in [5.41, 5.74) is 0.674. The molecule has 1 unspecified atom stereocenters. The van der Waals surface area contributed by atoms with Crippen LogP contribution in [0.25, 0.3) is 0 Å². The van der Waals surface area contributed by atoms with E-state index in [0.29, 0.717) is 10.6 Å². The number of likely N-dealkylation sites (tertiary alicyclic amines) is 1. The summed E-state index contributed by atoms with van der Waals surface area (Å²) in [6.45, 7) is 6.93. The molecule has 1 aromatic rings. The van der Waals surface area contributed by atoms with Crippen LogP contribution in [0.4, 0.5) is 4.39 Å². The molecule has 5 heteroatoms. The van der Waals surface area contributed by atoms with Gasteiger partial charge in [-0.15, -0.1) is 0 Å². The summed E-state index contributed by atoms with van der Waals surface area (Å²) in [5.74, 6) is -0.176. The summed E-state index contributed by atoms with van der Waals surface area (Å²) in [5, 5.41) is 3.92. The van der Waals surface area contributed by atoms with Crippen molar-refractivity contribution in [3.05, 3.63) is 34.6 Å². The van der Waals surface area contributed by atoms with Crippen molar-refractivity contribution in [3.63, 3.8) is 0 Å². The average Bonchev–Trinajstić information content (AvgIpc) is 3.00. The Labute approximate surface area is 131 Å². The number of piperazine rings is 1. The molecule has 0 saturated carbocycles. The van der Waals surface area contributed by atoms with Crippen LogP contribution in [0.15, 0.2) is 18.2 Å². The lowest BCUT2D eigenvalue weighted by Crippen LogP contribution is -2.48. The molecule has 0 amide bonds. The van der Waals surface area contributed by atoms with Crippen LogP contribution >= 0.6 is 11.6 Å². The van der Waals surface area contributed by atoms with E-state index in [2.05, 4.69) is 15.1 Å². The monoisotopic (exact) mass is 311 g/mol. The molecule has 2 fully saturated rings. The Kier molecular flexibility index (Phi) is 5.11. The Morgan fingerprint density at radius 3 is 2.52 bits per heavy atom. The molecule has 1 aromatic carbocycles. The van der Waals surface area contributed by atoms with Gasteiger partial charge in [0, 0.05) is 43.3 Å². The second-order valence-electron chi connectivity index (χ2n) is 5.94. The molecule has 3 rings (SSSR count). The van der Waals surface area contributed by atoms with Gasteiger partial charge in [0.2, 0.25) is 0 Å². The third kappa shape index (κ3) is 3.57. The number of hydrogen-bond acceptors (Lipinski definition) is 3. The lowest BCUT2D eigenvalue weighted by Gasteiger charge is -2.37. The second-order valence-corrected chi connectivity index (χ2v) is 6.35. The number of rotatable bonds is 4. The van der Waals surface area contributed by atoms with Crippen molar-refractivity contribution in [1.82, 2.24) is 15.1 Å². The number of halogens is 2. The molecule has 1 atom stereocenters. The van der Waals surface area contributed by atoms with E-state index in [9.17, 15) is 4.39 Å². The lowest BCUT2D eigenvalue weighted by atomic mass is 10.0. The number of hydrogen-bond donors (Lipinski definition) is 1. The predicted octanol–water partition coefficient (Wildman–Crippen LogP) is 2.52. The van der Waals surface area contributed by atoms with Gasteiger partial charge in [-0.3, -0.25) is 4.90 Å². The maximum Gasteiger partial charge on any atom is 0.129 e. The Morgan fingerprint density at radius 2 is 1.86 bits per heavy atom. The van der Waals surface area contributed by atoms with Gasteiger partial charge in [0.25, 0.3) is 0 Å². The summed E-state index contributed by atoms with van der Waals surface area (Å²) in [4.78, 5) is 4.81. The van der Waals surface area contributed by atoms with Gasteiger partial charge in [-0.25, -0.2) is 4.39 Å². The van der Waals surface area contributed by atoms with E-state index >= 15 is 0 Å². The molecule has 3 nitrogen and oxygen atoms in total. The molecule has 2 aliphatic heterocycles. The van der Waals surface area contributed by atoms with E-state index in [1.165, 1.54) is 18.9 Å². The van der Waals surface area contributed by atoms with Crippen LogP contribution in [0, 0.1) is 5.82 Å². The lowest BCUT2D eigenvalue weighted by molar-refractivity contribution is 0.132. The van der Waals surface area contributed by atoms with Gasteiger partial charge in [0.1, 0.15) is 5.82 Å². The fraction of sp³-hybridized carbons (Fsp3) is 0.625. The van der Waals surface area contributed by atoms with Gasteiger partial charge >= 0.3 is 0 Å². The van der Waals surface area contributed by atoms with Crippen molar-refractivity contribution in [2.24, 2.45) is 0 Å². The van der Waals surface area contributed by atoms with E-state index in [4.69, 9.17) is 11.6 Å². The third-order valence-corrected chi connectivity index (χ3v) is 4.88. The molecule has 21 heavy (non-hydrogen) atoms. The van der Waals surface area contributed by atoms with E-state index < -0.39 is 0 Å². The minimum atomic E-state index is -0.176. The molecule has 0 radical (unpaired) electrons. The highest BCUT2D eigenvalue weighted by Gasteiger charge is 2.29. The fourth-order valence-corrected chi connectivity index (χ4v) is 3.71. The second kappa shape index (κ2) is 7.05. The number of nitrogens with zero attached hydrogens (tertiary/aromatic N) is 2. The first-order valence-electron chi connectivity index (χ1n) is 7.87. The maximum atomic E-state index is 14.4. The smallest absolute Gasteiger partial charge is 0.129 e. The van der Waals surface area contributed by atoms with E-state index in [0.717, 1.165) is 45.8 Å². The molecule has 0 aliphatic carbocycles. The van der Waals surface area contributed by atoms with Crippen LogP contribution in [-0.2, 0) is 0 Å². The molecule has 116 valence electrons. The number of nitrogens with one attached hydrogen (secondary N) is 1. The van der Waals surface area contributed by atoms with Gasteiger partial charge in [0.05, 0.1) is 6.04 Å². The third-order valence-electron chi connectivity index (χ3n) is 4.56. The van der Waals surface area contributed by atoms with Crippen LogP contribution in [0.3, 0.4) is 0 Å². The standard InChI is InChI=1S/C16H23ClFN3/c17-13-4-3-5-14(18)16(13)15(12-20-8-1-2-9-20)21-10-6-19-7-11-21/h3-5,15,19H,1-2,6-12H2. The Hall–Kier alpha value is -0.680. The molecular weight excluding hydrogens is 289 g/mol. The zero-order valence-electron chi connectivity index (χ0n) is 12.3. The molecule has 2 aliphatic rings. The van der Waals surface area contributed by atoms with E-state index in [1.807, 2.05) is 0 Å². The highest BCUT2D eigenvalue weighted by molar-refractivity contribution is 6.31. The van der Waals surface area contributed by atoms with Gasteiger partial charge in [0.15, 0.2) is 0 Å². The summed E-state index contributed by atoms with van der Waals surface area (Å²) in [6.07, 6.45) is 2.50. The Morgan fingerprint density at radius 1 is 1.14 bits per heavy atom. The zero-order chi connectivity index (χ0) is 14.7. The Balaban J connectivity index is 1.86. The van der Waals surface area contributed by atoms with Crippen LogP contribution in [0.5, 0.6) is 0 Å². The summed E-state index contributed by atoms with van der Waals surface area (Å²) >= 11 is 6.33. The first-order valence-corrected chi connectivity index (χ1v) is 8.24. The van der Waals surface area contributed by atoms with Crippen molar-refractivity contribution >= 4 is 11.6 Å². The van der Waals surface area contributed by atoms with Crippen molar-refractivity contribution in [3.8, 4) is 0 Å². The average molecular weight is 312 g/mol. The van der Waals surface area contributed by atoms with Crippen molar-refractivity contribution in [1.29, 1.82) is 0 Å². The zero-order valence-corrected chi connectivity index (χ0v) is 13.1. The van der Waals surface area contributed by atoms with Gasteiger partial charge in [-0.1, -0.05) is 17.7 Å². The summed E-state index contributed by atoms with van der Waals surface area (Å²) in [7, 11) is 0. The minimum absolute atomic E-state index is 0.0545. The van der Waals surface area contributed by atoms with Gasteiger partial charge < -0.3 is 10.2 Å². The largest absolute Gasteiger partial charge is 0.314 e. The number of benzene rings is 1. The molecule has 2 saturated heterocycles. The molecule has 2 heterocycles. The highest BCUT2D eigenvalue weighted by atomic mass is 35.5. The molecular formula is C16H23ClFN3. The molecule has 0 spiro atoms. The highest BCUT2D eigenvalue weighted by Crippen LogP contribution is 2.31. The SMILES string of the molecule is Fc1cccc(Cl)c1C(CN1CCCC1)N1CCNCC1. The first kappa shape index (κ1) is 15.2. The normalized spacial score (nSPS) is 22.6. The van der Waals surface area contributed by atoms with E-state index in [1.54, 1.807) is 12.1 Å². The minimum Gasteiger partial charge on any atom is -0.314 e. The van der Waals surface area contributed by atoms with Gasteiger partial charge in [-0.2, -0.15) is 0 Å². The summed E-state index contributed by atoms with van der Waals surface area (Å²) in [6, 6.07) is 5.07. The molecule has 0 aromatic heterocycles. The van der Waals surface area contributed by atoms with Crippen molar-refractivity contribution < 1.29 is 4.39 Å². The fourth-order valence-electron chi connectivity index (χ4n) is 3.42. The quantitative estimate of drug-likeness (QED) is 0.922. The van der Waals surface area contributed by atoms with Crippen LogP contribution in [0.1, 0.15) is 24.4 Å². The van der Waals surface area contributed by atoms with Crippen LogP contribution in [-0.4, -0.2) is 55.6 Å². The molecule has 0 bridgehead atoms. The van der Waals surface area contributed by atoms with Crippen LogP contribution in [0.2, 0.25) is 5.02 Å². The Bertz CT molecular complexity index is 450. The van der Waals surface area contributed by atoms with Gasteiger partial charge in [-0.05, 0) is 38.1 Å². The predicted molar refractivity (Wildman–Crippen MR) is 84.3 cm³/mol. The van der Waals surface area contributed by atoms with E-state index in [-0.39, 0.29) is 11.9 Å². The maximum absolute atomic E-state index is 14.4. The molecule has 1 N–H and O–H groups in total. The summed E-state index contributed by atoms with van der Waals surface area (Å²) < 4.78 is 14.4. The topological polar surface area (TPSA) is 18.5 Å². The van der Waals surface area contributed by atoms with Crippen molar-refractivity contribution in [2.75, 3.05) is 45.8 Å². The van der Waals surface area contributed by atoms with Crippen LogP contribution < -0.4 is 5.32 Å². The first-order chi connectivity index (χ1) is 10.3.